The molecule has 0 fully saturated rings. The fourth-order valence-corrected chi connectivity index (χ4v) is 4.38. The van der Waals surface area contributed by atoms with E-state index in [0.717, 1.165) is 31.5 Å². The van der Waals surface area contributed by atoms with Crippen molar-refractivity contribution in [2.75, 3.05) is 0 Å². The lowest BCUT2D eigenvalue weighted by molar-refractivity contribution is -0.141. The summed E-state index contributed by atoms with van der Waals surface area (Å²) < 4.78 is 41.9. The predicted octanol–water partition coefficient (Wildman–Crippen LogP) is 5.88. The first kappa shape index (κ1) is 22.3. The van der Waals surface area contributed by atoms with Gasteiger partial charge < -0.3 is 5.32 Å². The molecular weight excluding hydrogens is 461 g/mol. The Labute approximate surface area is 190 Å². The molecule has 10 heteroatoms. The monoisotopic (exact) mass is 478 g/mol. The number of thiazole rings is 1. The lowest BCUT2D eigenvalue weighted by Gasteiger charge is -2.14. The number of aryl methyl sites for hydroxylation is 1. The first-order chi connectivity index (χ1) is 15.1. The SMILES string of the molecule is Cc1nc2ccc(C(C)C(=O)NCc3cc(C(F)(F)F)nn3-c3cccc(Cl)c3)cc2s1. The lowest BCUT2D eigenvalue weighted by Crippen LogP contribution is -2.28. The number of hydrogen-bond acceptors (Lipinski definition) is 4. The summed E-state index contributed by atoms with van der Waals surface area (Å²) in [5.74, 6) is -0.801. The lowest BCUT2D eigenvalue weighted by atomic mass is 10.0. The second-order valence-corrected chi connectivity index (χ2v) is 8.98. The van der Waals surface area contributed by atoms with Crippen molar-refractivity contribution in [3.8, 4) is 5.69 Å². The second kappa shape index (κ2) is 8.55. The van der Waals surface area contributed by atoms with Gasteiger partial charge in [0.25, 0.3) is 0 Å². The Morgan fingerprint density at radius 3 is 2.72 bits per heavy atom. The average molecular weight is 479 g/mol. The number of halogens is 4. The van der Waals surface area contributed by atoms with E-state index in [1.165, 1.54) is 17.4 Å². The van der Waals surface area contributed by atoms with Crippen LogP contribution in [0, 0.1) is 6.92 Å². The molecule has 2 aromatic carbocycles. The molecule has 0 saturated heterocycles. The fraction of sp³-hybridized carbons (Fsp3) is 0.227. The van der Waals surface area contributed by atoms with Crippen LogP contribution in [-0.2, 0) is 17.5 Å². The van der Waals surface area contributed by atoms with Gasteiger partial charge in [0.2, 0.25) is 5.91 Å². The number of nitrogens with zero attached hydrogens (tertiary/aromatic N) is 3. The van der Waals surface area contributed by atoms with Crippen molar-refractivity contribution in [3.63, 3.8) is 0 Å². The van der Waals surface area contributed by atoms with Crippen LogP contribution in [0.25, 0.3) is 15.9 Å². The summed E-state index contributed by atoms with van der Waals surface area (Å²) in [7, 11) is 0. The summed E-state index contributed by atoms with van der Waals surface area (Å²) in [4.78, 5) is 17.2. The summed E-state index contributed by atoms with van der Waals surface area (Å²) in [5, 5.41) is 7.71. The number of rotatable bonds is 5. The molecule has 4 rings (SSSR count). The van der Waals surface area contributed by atoms with Gasteiger partial charge in [0.05, 0.1) is 39.1 Å². The minimum absolute atomic E-state index is 0.124. The maximum absolute atomic E-state index is 13.3. The molecular formula is C22H18ClF3N4OS. The molecule has 0 spiro atoms. The Balaban J connectivity index is 1.56. The molecule has 4 aromatic rings. The molecule has 0 aliphatic heterocycles. The van der Waals surface area contributed by atoms with Crippen LogP contribution in [0.1, 0.15) is 34.8 Å². The van der Waals surface area contributed by atoms with Crippen molar-refractivity contribution in [3.05, 3.63) is 75.5 Å². The molecule has 1 unspecified atom stereocenters. The van der Waals surface area contributed by atoms with Gasteiger partial charge in [-0.2, -0.15) is 18.3 Å². The number of benzene rings is 2. The predicted molar refractivity (Wildman–Crippen MR) is 118 cm³/mol. The van der Waals surface area contributed by atoms with Crippen LogP contribution in [0.15, 0.2) is 48.5 Å². The van der Waals surface area contributed by atoms with Crippen LogP contribution in [0.4, 0.5) is 13.2 Å². The van der Waals surface area contributed by atoms with Crippen LogP contribution in [-0.4, -0.2) is 20.7 Å². The van der Waals surface area contributed by atoms with Crippen molar-refractivity contribution in [2.45, 2.75) is 32.5 Å². The van der Waals surface area contributed by atoms with Crippen LogP contribution in [0.5, 0.6) is 0 Å². The summed E-state index contributed by atoms with van der Waals surface area (Å²) in [5.41, 5.74) is 1.19. The Kier molecular flexibility index (Phi) is 5.96. The number of alkyl halides is 3. The van der Waals surface area contributed by atoms with E-state index in [1.54, 1.807) is 25.1 Å². The molecule has 166 valence electrons. The second-order valence-electron chi connectivity index (χ2n) is 7.31. The molecule has 1 atom stereocenters. The number of carbonyl (C=O) groups excluding carboxylic acids is 1. The van der Waals surface area contributed by atoms with Crippen molar-refractivity contribution in [1.29, 1.82) is 0 Å². The molecule has 1 amide bonds. The molecule has 2 heterocycles. The number of amides is 1. The zero-order valence-corrected chi connectivity index (χ0v) is 18.6. The normalized spacial score (nSPS) is 12.8. The number of fused-ring (bicyclic) bond motifs is 1. The quantitative estimate of drug-likeness (QED) is 0.389. The van der Waals surface area contributed by atoms with Crippen LogP contribution < -0.4 is 5.32 Å². The third-order valence-electron chi connectivity index (χ3n) is 4.98. The molecule has 0 saturated carbocycles. The molecule has 5 nitrogen and oxygen atoms in total. The number of hydrogen-bond donors (Lipinski definition) is 1. The van der Waals surface area contributed by atoms with Crippen LogP contribution in [0.2, 0.25) is 5.02 Å². The maximum atomic E-state index is 13.3. The zero-order valence-electron chi connectivity index (χ0n) is 17.1. The van der Waals surface area contributed by atoms with E-state index in [1.807, 2.05) is 25.1 Å². The van der Waals surface area contributed by atoms with E-state index in [-0.39, 0.29) is 18.1 Å². The van der Waals surface area contributed by atoms with Crippen molar-refractivity contribution in [2.24, 2.45) is 0 Å². The Morgan fingerprint density at radius 1 is 1.22 bits per heavy atom. The standard InChI is InChI=1S/C22H18ClF3N4OS/c1-12(14-6-7-18-19(8-14)32-13(2)28-18)21(31)27-11-17-10-20(22(24,25)26)29-30(17)16-5-3-4-15(23)9-16/h3-10,12H,11H2,1-2H3,(H,27,31). The highest BCUT2D eigenvalue weighted by Crippen LogP contribution is 2.30. The van der Waals surface area contributed by atoms with E-state index < -0.39 is 17.8 Å². The van der Waals surface area contributed by atoms with Gasteiger partial charge in [-0.1, -0.05) is 23.7 Å². The van der Waals surface area contributed by atoms with Crippen LogP contribution in [0.3, 0.4) is 0 Å². The Morgan fingerprint density at radius 2 is 2.00 bits per heavy atom. The molecule has 0 aliphatic carbocycles. The van der Waals surface area contributed by atoms with E-state index in [2.05, 4.69) is 15.4 Å². The number of nitrogens with one attached hydrogen (secondary N) is 1. The van der Waals surface area contributed by atoms with Gasteiger partial charge in [-0.15, -0.1) is 11.3 Å². The summed E-state index contributed by atoms with van der Waals surface area (Å²) >= 11 is 7.53. The van der Waals surface area contributed by atoms with Crippen molar-refractivity contribution in [1.82, 2.24) is 20.1 Å². The van der Waals surface area contributed by atoms with Gasteiger partial charge in [0.1, 0.15) is 0 Å². The third kappa shape index (κ3) is 4.63. The van der Waals surface area contributed by atoms with E-state index >= 15 is 0 Å². The van der Waals surface area contributed by atoms with Gasteiger partial charge in [0, 0.05) is 5.02 Å². The first-order valence-electron chi connectivity index (χ1n) is 9.68. The largest absolute Gasteiger partial charge is 0.435 e. The topological polar surface area (TPSA) is 59.8 Å². The molecule has 0 aliphatic rings. The molecule has 0 bridgehead atoms. The van der Waals surface area contributed by atoms with Gasteiger partial charge in [-0.25, -0.2) is 9.67 Å². The third-order valence-corrected chi connectivity index (χ3v) is 6.15. The van der Waals surface area contributed by atoms with Gasteiger partial charge in [-0.05, 0) is 55.8 Å². The minimum atomic E-state index is -4.61. The van der Waals surface area contributed by atoms with Gasteiger partial charge >= 0.3 is 6.18 Å². The van der Waals surface area contributed by atoms with E-state index in [9.17, 15) is 18.0 Å². The molecule has 0 radical (unpaired) electrons. The summed E-state index contributed by atoms with van der Waals surface area (Å²) in [6.45, 7) is 3.54. The number of carbonyl (C=O) groups is 1. The highest BCUT2D eigenvalue weighted by Gasteiger charge is 2.35. The Hall–Kier alpha value is -2.91. The van der Waals surface area contributed by atoms with E-state index in [4.69, 9.17) is 11.6 Å². The molecule has 32 heavy (non-hydrogen) atoms. The van der Waals surface area contributed by atoms with Gasteiger partial charge in [-0.3, -0.25) is 4.79 Å². The number of aromatic nitrogens is 3. The first-order valence-corrected chi connectivity index (χ1v) is 10.9. The summed E-state index contributed by atoms with van der Waals surface area (Å²) in [6, 6.07) is 12.9. The fourth-order valence-electron chi connectivity index (χ4n) is 3.32. The minimum Gasteiger partial charge on any atom is -0.350 e. The molecule has 2 aromatic heterocycles. The van der Waals surface area contributed by atoms with Crippen LogP contribution >= 0.6 is 22.9 Å². The van der Waals surface area contributed by atoms with Gasteiger partial charge in [0.15, 0.2) is 5.69 Å². The highest BCUT2D eigenvalue weighted by atomic mass is 35.5. The smallest absolute Gasteiger partial charge is 0.350 e. The van der Waals surface area contributed by atoms with E-state index in [0.29, 0.717) is 10.7 Å². The highest BCUT2D eigenvalue weighted by molar-refractivity contribution is 7.18. The zero-order chi connectivity index (χ0) is 23.0. The Bertz CT molecular complexity index is 1300. The molecule has 1 N–H and O–H groups in total. The maximum Gasteiger partial charge on any atom is 0.435 e. The van der Waals surface area contributed by atoms with Crippen molar-refractivity contribution >= 4 is 39.1 Å². The average Bonchev–Trinajstić information content (AvgIpc) is 3.33. The van der Waals surface area contributed by atoms with Crippen molar-refractivity contribution < 1.29 is 18.0 Å². The summed E-state index contributed by atoms with van der Waals surface area (Å²) in [6.07, 6.45) is -4.61.